The van der Waals surface area contributed by atoms with E-state index in [2.05, 4.69) is 23.3 Å². The van der Waals surface area contributed by atoms with Crippen molar-refractivity contribution >= 4 is 17.8 Å². The summed E-state index contributed by atoms with van der Waals surface area (Å²) in [6, 6.07) is 4.24. The number of piperidine rings is 1. The Kier molecular flexibility index (Phi) is 6.60. The van der Waals surface area contributed by atoms with Crippen LogP contribution >= 0.6 is 0 Å². The molecule has 0 bridgehead atoms. The van der Waals surface area contributed by atoms with Crippen molar-refractivity contribution in [3.8, 4) is 5.75 Å². The van der Waals surface area contributed by atoms with Crippen molar-refractivity contribution < 1.29 is 28.6 Å². The molecule has 1 heterocycles. The Morgan fingerprint density at radius 3 is 1.92 bits per heavy atom. The number of hydrogen-bond donors (Lipinski definition) is 0. The lowest BCUT2D eigenvalue weighted by Gasteiger charge is -2.34. The summed E-state index contributed by atoms with van der Waals surface area (Å²) >= 11 is 0. The third kappa shape index (κ3) is 4.97. The van der Waals surface area contributed by atoms with E-state index in [0.29, 0.717) is 24.9 Å². The van der Waals surface area contributed by atoms with E-state index in [1.807, 2.05) is 0 Å². The Hall–Kier alpha value is -2.57. The fourth-order valence-corrected chi connectivity index (χ4v) is 3.26. The zero-order valence-corrected chi connectivity index (χ0v) is 15.6. The Morgan fingerprint density at radius 2 is 1.46 bits per heavy atom. The molecule has 1 aromatic rings. The number of nitrogens with zero attached hydrogens (tertiary/aromatic N) is 1. The Balaban J connectivity index is 2.11. The summed E-state index contributed by atoms with van der Waals surface area (Å²) in [6.45, 7) is 5.51. The van der Waals surface area contributed by atoms with E-state index in [-0.39, 0.29) is 29.4 Å². The van der Waals surface area contributed by atoms with E-state index < -0.39 is 11.9 Å². The predicted molar refractivity (Wildman–Crippen MR) is 94.1 cm³/mol. The molecule has 2 rings (SSSR count). The number of rotatable bonds is 5. The van der Waals surface area contributed by atoms with Gasteiger partial charge in [-0.1, -0.05) is 13.8 Å². The lowest BCUT2D eigenvalue weighted by Crippen LogP contribution is -2.44. The molecule has 0 spiro atoms. The zero-order chi connectivity index (χ0) is 19.3. The number of likely N-dealkylation sites (tertiary alicyclic amines) is 1. The van der Waals surface area contributed by atoms with Crippen molar-refractivity contribution in [2.45, 2.75) is 20.3 Å². The molecule has 0 unspecified atom stereocenters. The molecule has 1 aromatic carbocycles. The first kappa shape index (κ1) is 19.8. The summed E-state index contributed by atoms with van der Waals surface area (Å²) in [7, 11) is 2.49. The average molecular weight is 363 g/mol. The number of amides is 1. The largest absolute Gasteiger partial charge is 0.484 e. The van der Waals surface area contributed by atoms with Crippen molar-refractivity contribution in [2.75, 3.05) is 33.9 Å². The molecule has 1 aliphatic rings. The highest BCUT2D eigenvalue weighted by atomic mass is 16.5. The third-order valence-corrected chi connectivity index (χ3v) is 4.33. The van der Waals surface area contributed by atoms with Gasteiger partial charge in [0.1, 0.15) is 5.75 Å². The molecule has 0 radical (unpaired) electrons. The minimum Gasteiger partial charge on any atom is -0.484 e. The number of carbonyl (C=O) groups excluding carboxylic acids is 3. The molecular weight excluding hydrogens is 338 g/mol. The van der Waals surface area contributed by atoms with Crippen LogP contribution in [0, 0.1) is 11.8 Å². The molecule has 0 aromatic heterocycles. The van der Waals surface area contributed by atoms with E-state index in [1.54, 1.807) is 4.90 Å². The van der Waals surface area contributed by atoms with Gasteiger partial charge in [0.05, 0.1) is 25.3 Å². The first-order chi connectivity index (χ1) is 12.3. The van der Waals surface area contributed by atoms with E-state index in [1.165, 1.54) is 32.4 Å². The van der Waals surface area contributed by atoms with Crippen molar-refractivity contribution in [1.82, 2.24) is 4.90 Å². The van der Waals surface area contributed by atoms with Crippen LogP contribution in [0.25, 0.3) is 0 Å². The quantitative estimate of drug-likeness (QED) is 0.746. The second-order valence-corrected chi connectivity index (χ2v) is 6.76. The monoisotopic (exact) mass is 363 g/mol. The molecule has 2 atom stereocenters. The van der Waals surface area contributed by atoms with Gasteiger partial charge in [0.15, 0.2) is 6.61 Å². The number of methoxy groups -OCH3 is 2. The van der Waals surface area contributed by atoms with Crippen LogP contribution in [0.2, 0.25) is 0 Å². The van der Waals surface area contributed by atoms with Gasteiger partial charge in [-0.3, -0.25) is 4.79 Å². The summed E-state index contributed by atoms with van der Waals surface area (Å²) in [6.07, 6.45) is 1.11. The Bertz CT molecular complexity index is 642. The van der Waals surface area contributed by atoms with Crippen LogP contribution in [0.4, 0.5) is 0 Å². The number of carbonyl (C=O) groups is 3. The summed E-state index contributed by atoms with van der Waals surface area (Å²) in [5.74, 6) is -0.185. The maximum absolute atomic E-state index is 12.4. The van der Waals surface area contributed by atoms with Crippen LogP contribution in [0.3, 0.4) is 0 Å². The topological polar surface area (TPSA) is 82.1 Å². The van der Waals surface area contributed by atoms with Gasteiger partial charge in [-0.15, -0.1) is 0 Å². The summed E-state index contributed by atoms with van der Waals surface area (Å²) in [5, 5.41) is 0. The van der Waals surface area contributed by atoms with Gasteiger partial charge in [-0.2, -0.15) is 0 Å². The SMILES string of the molecule is COC(=O)c1cc(OCC(=O)N2C[C@H](C)C[C@H](C)C2)cc(C(=O)OC)c1. The smallest absolute Gasteiger partial charge is 0.338 e. The third-order valence-electron chi connectivity index (χ3n) is 4.33. The Labute approximate surface area is 153 Å². The van der Waals surface area contributed by atoms with E-state index in [0.717, 1.165) is 6.42 Å². The first-order valence-corrected chi connectivity index (χ1v) is 8.56. The standard InChI is InChI=1S/C19H25NO6/c1-12-5-13(2)10-20(9-12)17(21)11-26-16-7-14(18(22)24-3)6-15(8-16)19(23)25-4/h6-8,12-13H,5,9-11H2,1-4H3/t12-,13+. The molecule has 142 valence electrons. The average Bonchev–Trinajstić information content (AvgIpc) is 2.63. The van der Waals surface area contributed by atoms with Gasteiger partial charge in [0.25, 0.3) is 5.91 Å². The molecule has 0 aliphatic carbocycles. The van der Waals surface area contributed by atoms with Gasteiger partial charge in [-0.25, -0.2) is 9.59 Å². The van der Waals surface area contributed by atoms with E-state index in [4.69, 9.17) is 4.74 Å². The lowest BCUT2D eigenvalue weighted by atomic mass is 9.92. The molecule has 7 nitrogen and oxygen atoms in total. The number of esters is 2. The molecule has 1 aliphatic heterocycles. The van der Waals surface area contributed by atoms with Gasteiger partial charge in [0, 0.05) is 13.1 Å². The van der Waals surface area contributed by atoms with Gasteiger partial charge < -0.3 is 19.1 Å². The number of benzene rings is 1. The van der Waals surface area contributed by atoms with Crippen molar-refractivity contribution in [3.05, 3.63) is 29.3 Å². The minimum atomic E-state index is -0.606. The van der Waals surface area contributed by atoms with Crippen LogP contribution in [-0.2, 0) is 14.3 Å². The minimum absolute atomic E-state index is 0.119. The van der Waals surface area contributed by atoms with Crippen molar-refractivity contribution in [2.24, 2.45) is 11.8 Å². The van der Waals surface area contributed by atoms with Crippen LogP contribution in [0.15, 0.2) is 18.2 Å². The second-order valence-electron chi connectivity index (χ2n) is 6.76. The molecule has 0 saturated carbocycles. The molecule has 1 fully saturated rings. The van der Waals surface area contributed by atoms with Gasteiger partial charge in [-0.05, 0) is 36.5 Å². The molecule has 1 amide bonds. The fourth-order valence-electron chi connectivity index (χ4n) is 3.26. The molecule has 0 N–H and O–H groups in total. The first-order valence-electron chi connectivity index (χ1n) is 8.56. The summed E-state index contributed by atoms with van der Waals surface area (Å²) in [5.41, 5.74) is 0.302. The molecular formula is C19H25NO6. The molecule has 1 saturated heterocycles. The normalized spacial score (nSPS) is 19.6. The van der Waals surface area contributed by atoms with E-state index in [9.17, 15) is 14.4 Å². The highest BCUT2D eigenvalue weighted by Gasteiger charge is 2.25. The van der Waals surface area contributed by atoms with Gasteiger partial charge >= 0.3 is 11.9 Å². The highest BCUT2D eigenvalue weighted by molar-refractivity contribution is 5.96. The lowest BCUT2D eigenvalue weighted by molar-refractivity contribution is -0.136. The second kappa shape index (κ2) is 8.69. The Morgan fingerprint density at radius 1 is 0.962 bits per heavy atom. The summed E-state index contributed by atoms with van der Waals surface area (Å²) in [4.78, 5) is 37.8. The number of ether oxygens (including phenoxy) is 3. The predicted octanol–water partition coefficient (Wildman–Crippen LogP) is 2.14. The van der Waals surface area contributed by atoms with Crippen molar-refractivity contribution in [1.29, 1.82) is 0 Å². The molecule has 7 heteroatoms. The summed E-state index contributed by atoms with van der Waals surface area (Å²) < 4.78 is 14.9. The van der Waals surface area contributed by atoms with Crippen molar-refractivity contribution in [3.63, 3.8) is 0 Å². The van der Waals surface area contributed by atoms with Crippen LogP contribution in [0.5, 0.6) is 5.75 Å². The molecule has 26 heavy (non-hydrogen) atoms. The maximum Gasteiger partial charge on any atom is 0.338 e. The van der Waals surface area contributed by atoms with E-state index >= 15 is 0 Å². The maximum atomic E-state index is 12.4. The highest BCUT2D eigenvalue weighted by Crippen LogP contribution is 2.22. The van der Waals surface area contributed by atoms with Gasteiger partial charge in [0.2, 0.25) is 0 Å². The van der Waals surface area contributed by atoms with Crippen LogP contribution in [-0.4, -0.2) is 56.7 Å². The van der Waals surface area contributed by atoms with Crippen LogP contribution < -0.4 is 4.74 Å². The number of hydrogen-bond acceptors (Lipinski definition) is 6. The van der Waals surface area contributed by atoms with Crippen LogP contribution in [0.1, 0.15) is 41.0 Å². The fraction of sp³-hybridized carbons (Fsp3) is 0.526. The zero-order valence-electron chi connectivity index (χ0n) is 15.6.